The quantitative estimate of drug-likeness (QED) is 0.845. The number of halogens is 3. The van der Waals surface area contributed by atoms with Crippen molar-refractivity contribution in [3.05, 3.63) is 69.7 Å². The lowest BCUT2D eigenvalue weighted by atomic mass is 10.1. The van der Waals surface area contributed by atoms with Gasteiger partial charge in [0.05, 0.1) is 11.7 Å². The molecule has 0 aliphatic carbocycles. The van der Waals surface area contributed by atoms with Gasteiger partial charge < -0.3 is 10.4 Å². The van der Waals surface area contributed by atoms with Gasteiger partial charge in [-0.1, -0.05) is 34.1 Å². The van der Waals surface area contributed by atoms with E-state index in [9.17, 15) is 13.9 Å². The van der Waals surface area contributed by atoms with Gasteiger partial charge >= 0.3 is 0 Å². The van der Waals surface area contributed by atoms with E-state index in [1.165, 1.54) is 6.07 Å². The maximum atomic E-state index is 13.6. The Hall–Kier alpha value is -1.30. The minimum absolute atomic E-state index is 0.0393. The van der Waals surface area contributed by atoms with E-state index in [-0.39, 0.29) is 18.2 Å². The van der Waals surface area contributed by atoms with E-state index in [4.69, 9.17) is 0 Å². The topological polar surface area (TPSA) is 32.3 Å². The van der Waals surface area contributed by atoms with Gasteiger partial charge in [0, 0.05) is 17.1 Å². The molecule has 0 aromatic heterocycles. The minimum Gasteiger partial charge on any atom is -0.387 e. The predicted molar refractivity (Wildman–Crippen MR) is 81.9 cm³/mol. The highest BCUT2D eigenvalue weighted by Crippen LogP contribution is 2.21. The van der Waals surface area contributed by atoms with Crippen molar-refractivity contribution >= 4 is 15.9 Å². The zero-order valence-electron chi connectivity index (χ0n) is 11.5. The largest absolute Gasteiger partial charge is 0.387 e. The van der Waals surface area contributed by atoms with Gasteiger partial charge in [0.15, 0.2) is 0 Å². The summed E-state index contributed by atoms with van der Waals surface area (Å²) in [6.45, 7) is 1.99. The number of nitrogens with one attached hydrogen (secondary N) is 1. The van der Waals surface area contributed by atoms with Crippen molar-refractivity contribution in [2.24, 2.45) is 0 Å². The number of rotatable bonds is 5. The van der Waals surface area contributed by atoms with Crippen molar-refractivity contribution in [1.29, 1.82) is 0 Å². The van der Waals surface area contributed by atoms with Crippen LogP contribution in [0.3, 0.4) is 0 Å². The molecule has 21 heavy (non-hydrogen) atoms. The van der Waals surface area contributed by atoms with Gasteiger partial charge in [0.25, 0.3) is 0 Å². The average Bonchev–Trinajstić information content (AvgIpc) is 2.45. The van der Waals surface area contributed by atoms with E-state index in [2.05, 4.69) is 21.2 Å². The van der Waals surface area contributed by atoms with Gasteiger partial charge in [-0.25, -0.2) is 8.78 Å². The van der Waals surface area contributed by atoms with Crippen LogP contribution in [0.5, 0.6) is 0 Å². The highest BCUT2D eigenvalue weighted by Gasteiger charge is 2.18. The first kappa shape index (κ1) is 16.1. The van der Waals surface area contributed by atoms with Gasteiger partial charge in [0.1, 0.15) is 11.6 Å². The van der Waals surface area contributed by atoms with E-state index in [1.54, 1.807) is 0 Å². The van der Waals surface area contributed by atoms with Gasteiger partial charge in [0.2, 0.25) is 0 Å². The Morgan fingerprint density at radius 3 is 2.24 bits per heavy atom. The Bertz CT molecular complexity index is 583. The van der Waals surface area contributed by atoms with Crippen LogP contribution in [0, 0.1) is 11.6 Å². The zero-order chi connectivity index (χ0) is 15.4. The van der Waals surface area contributed by atoms with Crippen LogP contribution in [0.25, 0.3) is 0 Å². The van der Waals surface area contributed by atoms with Crippen molar-refractivity contribution in [1.82, 2.24) is 5.32 Å². The average molecular weight is 356 g/mol. The maximum absolute atomic E-state index is 13.6. The Kier molecular flexibility index (Phi) is 5.45. The van der Waals surface area contributed by atoms with Gasteiger partial charge in [-0.3, -0.25) is 0 Å². The highest BCUT2D eigenvalue weighted by molar-refractivity contribution is 9.10. The molecular weight excluding hydrogens is 340 g/mol. The third-order valence-corrected chi connectivity index (χ3v) is 3.85. The third kappa shape index (κ3) is 4.09. The first-order chi connectivity index (χ1) is 9.99. The standard InChI is InChI=1S/C16H16BrF2NO/c1-10(11-5-7-12(17)8-6-11)20-9-15(21)16-13(18)3-2-4-14(16)19/h2-8,10,15,20-21H,9H2,1H3/t10-,15?/m0/s1. The molecule has 2 aromatic rings. The molecule has 0 bridgehead atoms. The number of hydrogen-bond acceptors (Lipinski definition) is 2. The van der Waals surface area contributed by atoms with Crippen LogP contribution in [0.15, 0.2) is 46.9 Å². The van der Waals surface area contributed by atoms with Gasteiger partial charge in [-0.05, 0) is 36.8 Å². The Morgan fingerprint density at radius 1 is 1.10 bits per heavy atom. The van der Waals surface area contributed by atoms with E-state index >= 15 is 0 Å². The van der Waals surface area contributed by atoms with Crippen LogP contribution < -0.4 is 5.32 Å². The first-order valence-corrected chi connectivity index (χ1v) is 7.39. The van der Waals surface area contributed by atoms with E-state index in [0.717, 1.165) is 22.2 Å². The van der Waals surface area contributed by atoms with E-state index in [0.29, 0.717) is 0 Å². The Labute approximate surface area is 130 Å². The maximum Gasteiger partial charge on any atom is 0.131 e. The summed E-state index contributed by atoms with van der Waals surface area (Å²) < 4.78 is 28.1. The van der Waals surface area contributed by atoms with Gasteiger partial charge in [-0.15, -0.1) is 0 Å². The summed E-state index contributed by atoms with van der Waals surface area (Å²) in [5.41, 5.74) is 0.729. The molecule has 0 amide bonds. The third-order valence-electron chi connectivity index (χ3n) is 3.32. The molecule has 2 rings (SSSR count). The first-order valence-electron chi connectivity index (χ1n) is 6.60. The van der Waals surface area contributed by atoms with Crippen molar-refractivity contribution in [3.63, 3.8) is 0 Å². The lowest BCUT2D eigenvalue weighted by Crippen LogP contribution is -2.25. The molecule has 0 radical (unpaired) electrons. The van der Waals surface area contributed by atoms with Crippen LogP contribution >= 0.6 is 15.9 Å². The SMILES string of the molecule is C[C@H](NCC(O)c1c(F)cccc1F)c1ccc(Br)cc1. The molecule has 0 aliphatic heterocycles. The van der Waals surface area contributed by atoms with Crippen LogP contribution in [0.1, 0.15) is 30.2 Å². The highest BCUT2D eigenvalue weighted by atomic mass is 79.9. The van der Waals surface area contributed by atoms with Crippen LogP contribution in [-0.2, 0) is 0 Å². The van der Waals surface area contributed by atoms with Crippen molar-refractivity contribution in [2.75, 3.05) is 6.54 Å². The fraction of sp³-hybridized carbons (Fsp3) is 0.250. The number of aliphatic hydroxyl groups excluding tert-OH is 1. The molecule has 0 saturated carbocycles. The summed E-state index contributed by atoms with van der Waals surface area (Å²) in [7, 11) is 0. The molecule has 0 heterocycles. The fourth-order valence-electron chi connectivity index (χ4n) is 2.09. The fourth-order valence-corrected chi connectivity index (χ4v) is 2.35. The molecule has 2 atom stereocenters. The number of hydrogen-bond donors (Lipinski definition) is 2. The molecular formula is C16H16BrF2NO. The summed E-state index contributed by atoms with van der Waals surface area (Å²) in [5.74, 6) is -1.47. The predicted octanol–water partition coefficient (Wildman–Crippen LogP) is 4.11. The summed E-state index contributed by atoms with van der Waals surface area (Å²) in [4.78, 5) is 0. The van der Waals surface area contributed by atoms with Crippen LogP contribution in [-0.4, -0.2) is 11.7 Å². The number of aliphatic hydroxyl groups is 1. The summed E-state index contributed by atoms with van der Waals surface area (Å²) in [5, 5.41) is 13.0. The molecule has 0 fully saturated rings. The lowest BCUT2D eigenvalue weighted by molar-refractivity contribution is 0.161. The summed E-state index contributed by atoms with van der Waals surface area (Å²) in [6, 6.07) is 11.2. The second-order valence-corrected chi connectivity index (χ2v) is 5.75. The molecule has 2 N–H and O–H groups in total. The molecule has 0 spiro atoms. The van der Waals surface area contributed by atoms with E-state index < -0.39 is 17.7 Å². The van der Waals surface area contributed by atoms with Crippen molar-refractivity contribution < 1.29 is 13.9 Å². The normalized spacial score (nSPS) is 14.0. The molecule has 2 aromatic carbocycles. The molecule has 2 nitrogen and oxygen atoms in total. The summed E-state index contributed by atoms with van der Waals surface area (Å²) in [6.07, 6.45) is -1.23. The molecule has 0 aliphatic rings. The van der Waals surface area contributed by atoms with Crippen LogP contribution in [0.2, 0.25) is 0 Å². The molecule has 1 unspecified atom stereocenters. The second kappa shape index (κ2) is 7.11. The smallest absolute Gasteiger partial charge is 0.131 e. The van der Waals surface area contributed by atoms with Gasteiger partial charge in [-0.2, -0.15) is 0 Å². The van der Waals surface area contributed by atoms with Crippen molar-refractivity contribution in [2.45, 2.75) is 19.1 Å². The summed E-state index contributed by atoms with van der Waals surface area (Å²) >= 11 is 3.36. The van der Waals surface area contributed by atoms with Crippen LogP contribution in [0.4, 0.5) is 8.78 Å². The molecule has 0 saturated heterocycles. The van der Waals surface area contributed by atoms with Crippen molar-refractivity contribution in [3.8, 4) is 0 Å². The Balaban J connectivity index is 2.00. The lowest BCUT2D eigenvalue weighted by Gasteiger charge is -2.18. The van der Waals surface area contributed by atoms with E-state index in [1.807, 2.05) is 31.2 Å². The molecule has 112 valence electrons. The monoisotopic (exact) mass is 355 g/mol. The number of benzene rings is 2. The Morgan fingerprint density at radius 2 is 1.67 bits per heavy atom. The zero-order valence-corrected chi connectivity index (χ0v) is 13.1. The second-order valence-electron chi connectivity index (χ2n) is 4.83. The molecule has 5 heteroatoms. The minimum atomic E-state index is -1.23.